The third-order valence-electron chi connectivity index (χ3n) is 5.78. The fourth-order valence-corrected chi connectivity index (χ4v) is 5.20. The first-order chi connectivity index (χ1) is 18.0. The second-order valence-electron chi connectivity index (χ2n) is 8.80. The molecule has 0 spiro atoms. The minimum atomic E-state index is -5.24. The van der Waals surface area contributed by atoms with E-state index in [9.17, 15) is 22.8 Å². The third kappa shape index (κ3) is 6.02. The minimum Gasteiger partial charge on any atom is -0.489 e. The molecule has 0 fully saturated rings. The molecule has 38 heavy (non-hydrogen) atoms. The Balaban J connectivity index is 1.53. The van der Waals surface area contributed by atoms with E-state index >= 15 is 0 Å². The van der Waals surface area contributed by atoms with Gasteiger partial charge in [-0.1, -0.05) is 36.7 Å². The number of alkyl halides is 3. The quantitative estimate of drug-likeness (QED) is 0.221. The minimum absolute atomic E-state index is 0.000356. The van der Waals surface area contributed by atoms with E-state index in [2.05, 4.69) is 9.72 Å². The highest BCUT2D eigenvalue weighted by atomic mass is 35.5. The van der Waals surface area contributed by atoms with Crippen molar-refractivity contribution in [2.45, 2.75) is 52.1 Å². The van der Waals surface area contributed by atoms with Crippen LogP contribution >= 0.6 is 22.9 Å². The van der Waals surface area contributed by atoms with Crippen molar-refractivity contribution in [1.29, 1.82) is 0 Å². The molecule has 0 aliphatic carbocycles. The Morgan fingerprint density at radius 1 is 1.21 bits per heavy atom. The molecule has 200 valence electrons. The van der Waals surface area contributed by atoms with Crippen LogP contribution in [0.2, 0.25) is 5.02 Å². The topological polar surface area (TPSA) is 68.7 Å². The Kier molecular flexibility index (Phi) is 8.13. The highest BCUT2D eigenvalue weighted by molar-refractivity contribution is 7.18. The van der Waals surface area contributed by atoms with Gasteiger partial charge in [-0.25, -0.2) is 14.6 Å². The van der Waals surface area contributed by atoms with Gasteiger partial charge in [0.1, 0.15) is 16.8 Å². The largest absolute Gasteiger partial charge is 0.491 e. The molecule has 1 aliphatic rings. The van der Waals surface area contributed by atoms with Crippen LogP contribution < -0.4 is 4.74 Å². The van der Waals surface area contributed by atoms with Gasteiger partial charge in [0.25, 0.3) is 0 Å². The van der Waals surface area contributed by atoms with Gasteiger partial charge in [0.2, 0.25) is 0 Å². The Morgan fingerprint density at radius 2 is 1.97 bits per heavy atom. The molecule has 1 unspecified atom stereocenters. The molecule has 1 aromatic heterocycles. The summed E-state index contributed by atoms with van der Waals surface area (Å²) in [5.41, 5.74) is 3.73. The summed E-state index contributed by atoms with van der Waals surface area (Å²) in [5.74, 6) is -3.18. The van der Waals surface area contributed by atoms with E-state index < -0.39 is 24.2 Å². The molecule has 0 amide bonds. The summed E-state index contributed by atoms with van der Waals surface area (Å²) < 4.78 is 47.1. The van der Waals surface area contributed by atoms with E-state index in [-0.39, 0.29) is 12.6 Å². The highest BCUT2D eigenvalue weighted by Crippen LogP contribution is 2.38. The zero-order valence-electron chi connectivity index (χ0n) is 20.7. The smallest absolute Gasteiger partial charge is 0.489 e. The van der Waals surface area contributed by atoms with Crippen molar-refractivity contribution >= 4 is 34.9 Å². The van der Waals surface area contributed by atoms with Crippen molar-refractivity contribution in [2.24, 2.45) is 0 Å². The second-order valence-corrected chi connectivity index (χ2v) is 10.2. The molecule has 0 saturated heterocycles. The standard InChI is InChI=1S/C27H24ClF3N2O4S/c1-4-18-17(14-33-11-10-21(33)25(34)37-26(35)27(29,30)31)6-5-7-19(18)23-13-32-24(38-23)16-8-9-22(20(28)12-16)36-15(2)3/h5-13,15,21H,4,14H2,1-3H3. The van der Waals surface area contributed by atoms with Crippen molar-refractivity contribution in [3.63, 3.8) is 0 Å². The first-order valence-electron chi connectivity index (χ1n) is 11.8. The Labute approximate surface area is 226 Å². The number of nitrogens with zero attached hydrogens (tertiary/aromatic N) is 2. The number of benzene rings is 2. The highest BCUT2D eigenvalue weighted by Gasteiger charge is 2.44. The number of aromatic nitrogens is 1. The molecule has 3 aromatic rings. The van der Waals surface area contributed by atoms with Crippen molar-refractivity contribution in [3.8, 4) is 26.8 Å². The van der Waals surface area contributed by atoms with Crippen LogP contribution in [0, 0.1) is 0 Å². The van der Waals surface area contributed by atoms with Gasteiger partial charge >= 0.3 is 18.1 Å². The first kappa shape index (κ1) is 27.7. The summed E-state index contributed by atoms with van der Waals surface area (Å²) in [7, 11) is 0. The summed E-state index contributed by atoms with van der Waals surface area (Å²) in [6.07, 6.45) is 0.194. The van der Waals surface area contributed by atoms with Crippen LogP contribution in [-0.4, -0.2) is 40.1 Å². The van der Waals surface area contributed by atoms with Crippen molar-refractivity contribution < 1.29 is 32.2 Å². The summed E-state index contributed by atoms with van der Waals surface area (Å²) in [5, 5.41) is 1.28. The molecule has 2 aromatic carbocycles. The maximum absolute atomic E-state index is 12.5. The van der Waals surface area contributed by atoms with E-state index in [0.717, 1.165) is 32.1 Å². The predicted molar refractivity (Wildman–Crippen MR) is 139 cm³/mol. The van der Waals surface area contributed by atoms with Gasteiger partial charge in [-0.2, -0.15) is 13.2 Å². The van der Waals surface area contributed by atoms with Gasteiger partial charge in [0.15, 0.2) is 0 Å². The summed E-state index contributed by atoms with van der Waals surface area (Å²) in [6, 6.07) is 10.2. The molecular weight excluding hydrogens is 541 g/mol. The lowest BCUT2D eigenvalue weighted by Gasteiger charge is -2.34. The van der Waals surface area contributed by atoms with Crippen LogP contribution in [0.1, 0.15) is 31.9 Å². The molecular formula is C27H24ClF3N2O4S. The van der Waals surface area contributed by atoms with E-state index in [1.807, 2.05) is 57.2 Å². The molecule has 6 nitrogen and oxygen atoms in total. The van der Waals surface area contributed by atoms with Crippen molar-refractivity contribution in [1.82, 2.24) is 9.88 Å². The molecule has 11 heteroatoms. The third-order valence-corrected chi connectivity index (χ3v) is 7.15. The molecule has 1 atom stereocenters. The van der Waals surface area contributed by atoms with Crippen LogP contribution in [-0.2, 0) is 27.3 Å². The van der Waals surface area contributed by atoms with Crippen LogP contribution in [0.15, 0.2) is 54.9 Å². The average molecular weight is 565 g/mol. The number of esters is 2. The normalized spacial score (nSPS) is 14.9. The number of hydrogen-bond acceptors (Lipinski definition) is 7. The van der Waals surface area contributed by atoms with Crippen LogP contribution in [0.4, 0.5) is 13.2 Å². The summed E-state index contributed by atoms with van der Waals surface area (Å²) in [4.78, 5) is 30.2. The second kappa shape index (κ2) is 11.2. The molecule has 0 bridgehead atoms. The number of ether oxygens (including phenoxy) is 2. The zero-order valence-corrected chi connectivity index (χ0v) is 22.3. The Bertz CT molecular complexity index is 1390. The number of rotatable bonds is 8. The zero-order chi connectivity index (χ0) is 27.6. The summed E-state index contributed by atoms with van der Waals surface area (Å²) >= 11 is 7.90. The van der Waals surface area contributed by atoms with Gasteiger partial charge in [-0.05, 0) is 67.4 Å². The van der Waals surface area contributed by atoms with E-state index in [0.29, 0.717) is 17.2 Å². The van der Waals surface area contributed by atoms with E-state index in [4.69, 9.17) is 16.3 Å². The van der Waals surface area contributed by atoms with E-state index in [1.165, 1.54) is 22.3 Å². The number of carbonyl (C=O) groups excluding carboxylic acids is 2. The summed E-state index contributed by atoms with van der Waals surface area (Å²) in [6.45, 7) is 6.11. The Morgan fingerprint density at radius 3 is 2.58 bits per heavy atom. The SMILES string of the molecule is CCc1c(CN2C=CC2C(=O)OC(=O)C(F)(F)F)cccc1-c1cnc(-c2ccc(OC(C)C)c(Cl)c2)s1. The van der Waals surface area contributed by atoms with E-state index in [1.54, 1.807) is 12.4 Å². The maximum atomic E-state index is 12.5. The molecule has 2 heterocycles. The number of thiazole rings is 1. The number of carbonyl (C=O) groups is 2. The van der Waals surface area contributed by atoms with Crippen LogP contribution in [0.3, 0.4) is 0 Å². The monoisotopic (exact) mass is 564 g/mol. The molecule has 1 aliphatic heterocycles. The van der Waals surface area contributed by atoms with Crippen LogP contribution in [0.25, 0.3) is 21.0 Å². The van der Waals surface area contributed by atoms with Gasteiger partial charge in [0, 0.05) is 18.3 Å². The van der Waals surface area contributed by atoms with Gasteiger partial charge < -0.3 is 14.4 Å². The Hall–Kier alpha value is -3.37. The van der Waals surface area contributed by atoms with Gasteiger partial charge in [0.05, 0.1) is 16.0 Å². The maximum Gasteiger partial charge on any atom is 0.491 e. The number of hydrogen-bond donors (Lipinski definition) is 0. The molecule has 0 radical (unpaired) electrons. The predicted octanol–water partition coefficient (Wildman–Crippen LogP) is 6.81. The van der Waals surface area contributed by atoms with Crippen molar-refractivity contribution in [3.05, 3.63) is 71.0 Å². The lowest BCUT2D eigenvalue weighted by molar-refractivity contribution is -0.203. The molecule has 0 saturated carbocycles. The number of halogens is 4. The fourth-order valence-electron chi connectivity index (χ4n) is 4.01. The van der Waals surface area contributed by atoms with Crippen LogP contribution in [0.5, 0.6) is 5.75 Å². The fraction of sp³-hybridized carbons (Fsp3) is 0.296. The van der Waals surface area contributed by atoms with Crippen molar-refractivity contribution in [2.75, 3.05) is 0 Å². The molecule has 4 rings (SSSR count). The average Bonchev–Trinajstić information content (AvgIpc) is 3.32. The first-order valence-corrected chi connectivity index (χ1v) is 13.0. The lowest BCUT2D eigenvalue weighted by Crippen LogP contribution is -2.45. The van der Waals surface area contributed by atoms with Gasteiger partial charge in [-0.3, -0.25) is 0 Å². The molecule has 0 N–H and O–H groups in total. The lowest BCUT2D eigenvalue weighted by atomic mass is 9.96. The van der Waals surface area contributed by atoms with Gasteiger partial charge in [-0.15, -0.1) is 11.3 Å².